The van der Waals surface area contributed by atoms with Gasteiger partial charge in [-0.1, -0.05) is 18.2 Å². The molecule has 2 rings (SSSR count). The molecule has 0 aliphatic heterocycles. The lowest BCUT2D eigenvalue weighted by molar-refractivity contribution is 0.412. The molecule has 0 spiro atoms. The van der Waals surface area contributed by atoms with Gasteiger partial charge in [-0.25, -0.2) is 4.99 Å². The Morgan fingerprint density at radius 2 is 1.83 bits per heavy atom. The van der Waals surface area contributed by atoms with E-state index in [2.05, 4.69) is 26.2 Å². The minimum absolute atomic E-state index is 0. The van der Waals surface area contributed by atoms with E-state index in [1.54, 1.807) is 14.2 Å². The second kappa shape index (κ2) is 9.61. The number of rotatable bonds is 5. The van der Waals surface area contributed by atoms with Crippen molar-refractivity contribution < 1.29 is 9.47 Å². The van der Waals surface area contributed by atoms with Crippen LogP contribution in [0.1, 0.15) is 5.56 Å². The number of nitrogens with one attached hydrogen (secondary N) is 1. The summed E-state index contributed by atoms with van der Waals surface area (Å²) < 4.78 is 11.3. The van der Waals surface area contributed by atoms with Gasteiger partial charge in [0.15, 0.2) is 5.96 Å². The predicted molar refractivity (Wildman–Crippen MR) is 108 cm³/mol. The number of ether oxygens (including phenoxy) is 2. The maximum Gasteiger partial charge on any atom is 0.193 e. The average molecular weight is 492 g/mol. The number of guanidine groups is 1. The van der Waals surface area contributed by atoms with E-state index in [0.29, 0.717) is 18.3 Å². The number of benzene rings is 2. The summed E-state index contributed by atoms with van der Waals surface area (Å²) in [5.41, 5.74) is 7.72. The van der Waals surface area contributed by atoms with Crippen LogP contribution in [0.3, 0.4) is 0 Å². The molecule has 0 bridgehead atoms. The van der Waals surface area contributed by atoms with Gasteiger partial charge in [0.1, 0.15) is 11.5 Å². The normalized spacial score (nSPS) is 10.7. The molecule has 5 nitrogen and oxygen atoms in total. The largest absolute Gasteiger partial charge is 0.496 e. The van der Waals surface area contributed by atoms with E-state index in [0.717, 1.165) is 21.5 Å². The first kappa shape index (κ1) is 19.6. The van der Waals surface area contributed by atoms with Gasteiger partial charge in [0.25, 0.3) is 0 Å². The molecular formula is C16H19BrIN3O2. The highest BCUT2D eigenvalue weighted by atomic mass is 127. The molecule has 2 aromatic carbocycles. The summed E-state index contributed by atoms with van der Waals surface area (Å²) in [6.45, 7) is 0.469. The van der Waals surface area contributed by atoms with Crippen LogP contribution >= 0.6 is 39.9 Å². The fraction of sp³-hybridized carbons (Fsp3) is 0.188. The number of nitrogens with two attached hydrogens (primary N) is 1. The summed E-state index contributed by atoms with van der Waals surface area (Å²) >= 11 is 3.45. The molecule has 7 heteroatoms. The van der Waals surface area contributed by atoms with Crippen molar-refractivity contribution in [3.63, 3.8) is 0 Å². The fourth-order valence-electron chi connectivity index (χ4n) is 1.91. The molecule has 3 N–H and O–H groups in total. The Hall–Kier alpha value is -1.48. The van der Waals surface area contributed by atoms with Crippen LogP contribution in [0.15, 0.2) is 51.9 Å². The van der Waals surface area contributed by atoms with Crippen molar-refractivity contribution in [2.45, 2.75) is 6.54 Å². The number of para-hydroxylation sites is 2. The van der Waals surface area contributed by atoms with E-state index in [-0.39, 0.29) is 24.0 Å². The lowest BCUT2D eigenvalue weighted by Crippen LogP contribution is -2.22. The van der Waals surface area contributed by atoms with Crippen LogP contribution in [-0.4, -0.2) is 20.2 Å². The lowest BCUT2D eigenvalue weighted by atomic mass is 10.2. The Bertz CT molecular complexity index is 680. The molecule has 0 aliphatic carbocycles. The summed E-state index contributed by atoms with van der Waals surface area (Å²) in [5, 5.41) is 3.04. The maximum atomic E-state index is 5.92. The van der Waals surface area contributed by atoms with Gasteiger partial charge in [-0.15, -0.1) is 24.0 Å². The van der Waals surface area contributed by atoms with Crippen molar-refractivity contribution in [1.29, 1.82) is 0 Å². The molecule has 0 amide bonds. The molecule has 0 saturated carbocycles. The molecule has 0 radical (unpaired) electrons. The maximum absolute atomic E-state index is 5.92. The Morgan fingerprint density at radius 1 is 1.13 bits per heavy atom. The number of anilines is 1. The Labute approximate surface area is 161 Å². The van der Waals surface area contributed by atoms with Crippen LogP contribution in [0.2, 0.25) is 0 Å². The Balaban J connectivity index is 0.00000264. The smallest absolute Gasteiger partial charge is 0.193 e. The van der Waals surface area contributed by atoms with E-state index in [9.17, 15) is 0 Å². The standard InChI is InChI=1S/C16H18BrN3O2.HI/c1-21-14-8-7-11(9-12(14)17)10-19-16(18)20-13-5-3-4-6-15(13)22-2;/h3-9H,10H2,1-2H3,(H3,18,19,20);1H. The topological polar surface area (TPSA) is 68.9 Å². The van der Waals surface area contributed by atoms with Crippen molar-refractivity contribution in [3.8, 4) is 11.5 Å². The van der Waals surface area contributed by atoms with E-state index in [1.807, 2.05) is 42.5 Å². The van der Waals surface area contributed by atoms with Gasteiger partial charge >= 0.3 is 0 Å². The number of hydrogen-bond acceptors (Lipinski definition) is 3. The molecule has 124 valence electrons. The number of halogens is 2. The molecule has 0 saturated heterocycles. The molecular weight excluding hydrogens is 473 g/mol. The van der Waals surface area contributed by atoms with Gasteiger partial charge in [-0.05, 0) is 45.8 Å². The summed E-state index contributed by atoms with van der Waals surface area (Å²) in [6, 6.07) is 13.3. The average Bonchev–Trinajstić information content (AvgIpc) is 2.53. The van der Waals surface area contributed by atoms with Gasteiger partial charge in [0.05, 0.1) is 30.9 Å². The van der Waals surface area contributed by atoms with Crippen molar-refractivity contribution in [1.82, 2.24) is 0 Å². The summed E-state index contributed by atoms with van der Waals surface area (Å²) in [7, 11) is 3.25. The SMILES string of the molecule is COc1ccc(CN=C(N)Nc2ccccc2OC)cc1Br.I. The summed E-state index contributed by atoms with van der Waals surface area (Å²) in [6.07, 6.45) is 0. The van der Waals surface area contributed by atoms with Gasteiger partial charge < -0.3 is 20.5 Å². The fourth-order valence-corrected chi connectivity index (χ4v) is 2.50. The Kier molecular flexibility index (Phi) is 8.18. The third kappa shape index (κ3) is 5.58. The first-order chi connectivity index (χ1) is 10.6. The number of methoxy groups -OCH3 is 2. The van der Waals surface area contributed by atoms with Crippen LogP contribution in [0, 0.1) is 0 Å². The highest BCUT2D eigenvalue weighted by Crippen LogP contribution is 2.26. The minimum Gasteiger partial charge on any atom is -0.496 e. The zero-order valence-corrected chi connectivity index (χ0v) is 16.8. The third-order valence-corrected chi connectivity index (χ3v) is 3.64. The summed E-state index contributed by atoms with van der Waals surface area (Å²) in [5.74, 6) is 1.83. The Morgan fingerprint density at radius 3 is 2.48 bits per heavy atom. The zero-order valence-electron chi connectivity index (χ0n) is 12.9. The van der Waals surface area contributed by atoms with Crippen molar-refractivity contribution in [3.05, 3.63) is 52.5 Å². The van der Waals surface area contributed by atoms with E-state index < -0.39 is 0 Å². The van der Waals surface area contributed by atoms with E-state index >= 15 is 0 Å². The minimum atomic E-state index is 0. The monoisotopic (exact) mass is 491 g/mol. The van der Waals surface area contributed by atoms with Crippen molar-refractivity contribution in [2.24, 2.45) is 10.7 Å². The van der Waals surface area contributed by atoms with Gasteiger partial charge in [-0.3, -0.25) is 0 Å². The molecule has 0 aromatic heterocycles. The third-order valence-electron chi connectivity index (χ3n) is 3.02. The van der Waals surface area contributed by atoms with E-state index in [4.69, 9.17) is 15.2 Å². The van der Waals surface area contributed by atoms with E-state index in [1.165, 1.54) is 0 Å². The van der Waals surface area contributed by atoms with Gasteiger partial charge in [0, 0.05) is 0 Å². The molecule has 2 aromatic rings. The van der Waals surface area contributed by atoms with Crippen LogP contribution < -0.4 is 20.5 Å². The first-order valence-corrected chi connectivity index (χ1v) is 7.45. The number of aliphatic imine (C=N–C) groups is 1. The predicted octanol–water partition coefficient (Wildman–Crippen LogP) is 4.01. The molecule has 0 unspecified atom stereocenters. The van der Waals surface area contributed by atoms with Crippen molar-refractivity contribution >= 4 is 51.6 Å². The highest BCUT2D eigenvalue weighted by Gasteiger charge is 2.03. The lowest BCUT2D eigenvalue weighted by Gasteiger charge is -2.10. The van der Waals surface area contributed by atoms with Gasteiger partial charge in [-0.2, -0.15) is 0 Å². The summed E-state index contributed by atoms with van der Waals surface area (Å²) in [4.78, 5) is 4.33. The molecule has 0 atom stereocenters. The number of nitrogens with zero attached hydrogens (tertiary/aromatic N) is 1. The number of hydrogen-bond donors (Lipinski definition) is 2. The molecule has 0 aliphatic rings. The molecule has 23 heavy (non-hydrogen) atoms. The first-order valence-electron chi connectivity index (χ1n) is 6.66. The second-order valence-electron chi connectivity index (χ2n) is 4.50. The van der Waals surface area contributed by atoms with Crippen LogP contribution in [0.25, 0.3) is 0 Å². The van der Waals surface area contributed by atoms with Gasteiger partial charge in [0.2, 0.25) is 0 Å². The molecule has 0 fully saturated rings. The van der Waals surface area contributed by atoms with Crippen LogP contribution in [-0.2, 0) is 6.54 Å². The van der Waals surface area contributed by atoms with Crippen LogP contribution in [0.4, 0.5) is 5.69 Å². The molecule has 0 heterocycles. The second-order valence-corrected chi connectivity index (χ2v) is 5.35. The quantitative estimate of drug-likeness (QED) is 0.376. The van der Waals surface area contributed by atoms with Crippen LogP contribution in [0.5, 0.6) is 11.5 Å². The van der Waals surface area contributed by atoms with Crippen molar-refractivity contribution in [2.75, 3.05) is 19.5 Å². The zero-order chi connectivity index (χ0) is 15.9. The highest BCUT2D eigenvalue weighted by molar-refractivity contribution is 14.0.